The van der Waals surface area contributed by atoms with Crippen LogP contribution < -0.4 is 4.74 Å². The molecule has 0 aliphatic heterocycles. The van der Waals surface area contributed by atoms with E-state index in [0.29, 0.717) is 5.75 Å². The number of nitrogens with zero attached hydrogens (tertiary/aromatic N) is 1. The Balaban J connectivity index is 2.46. The molecule has 0 fully saturated rings. The molecule has 0 unspecified atom stereocenters. The van der Waals surface area contributed by atoms with Gasteiger partial charge in [0.2, 0.25) is 5.88 Å². The van der Waals surface area contributed by atoms with E-state index in [1.54, 1.807) is 12.1 Å². The zero-order valence-corrected chi connectivity index (χ0v) is 13.9. The largest absolute Gasteiger partial charge is 0.438 e. The highest BCUT2D eigenvalue weighted by Gasteiger charge is 2.18. The first-order valence-electron chi connectivity index (χ1n) is 5.63. The topological polar surface area (TPSA) is 56.3 Å². The fourth-order valence-electron chi connectivity index (χ4n) is 1.72. The maximum atomic E-state index is 11.5. The first kappa shape index (κ1) is 15.3. The van der Waals surface area contributed by atoms with Crippen LogP contribution in [0.5, 0.6) is 11.6 Å². The first-order valence-corrected chi connectivity index (χ1v) is 8.73. The molecule has 0 atom stereocenters. The molecule has 0 aliphatic rings. The highest BCUT2D eigenvalue weighted by Crippen LogP contribution is 2.32. The average Bonchev–Trinajstić information content (AvgIpc) is 2.35. The monoisotopic (exact) mass is 375 g/mol. The Morgan fingerprint density at radius 3 is 2.40 bits per heavy atom. The van der Waals surface area contributed by atoms with E-state index in [2.05, 4.69) is 20.9 Å². The van der Waals surface area contributed by atoms with Gasteiger partial charge in [0.05, 0.1) is 0 Å². The lowest BCUT2D eigenvalue weighted by atomic mass is 10.1. The molecular weight excluding hydrogens is 366 g/mol. The van der Waals surface area contributed by atoms with Crippen molar-refractivity contribution in [3.8, 4) is 11.6 Å². The fourth-order valence-corrected chi connectivity index (χ4v) is 2.84. The Hall–Kier alpha value is -1.11. The van der Waals surface area contributed by atoms with E-state index >= 15 is 0 Å². The summed E-state index contributed by atoms with van der Waals surface area (Å²) in [6, 6.07) is 6.41. The molecule has 0 bridgehead atoms. The second kappa shape index (κ2) is 5.71. The highest BCUT2D eigenvalue weighted by molar-refractivity contribution is 9.10. The van der Waals surface area contributed by atoms with E-state index < -0.39 is 9.05 Å². The number of hydrogen-bond donors (Lipinski definition) is 0. The number of hydrogen-bond acceptors (Lipinski definition) is 4. The van der Waals surface area contributed by atoms with Crippen LogP contribution in [0.25, 0.3) is 0 Å². The molecule has 1 heterocycles. The van der Waals surface area contributed by atoms with E-state index in [-0.39, 0.29) is 10.8 Å². The summed E-state index contributed by atoms with van der Waals surface area (Å²) >= 11 is 3.46. The Kier molecular flexibility index (Phi) is 4.36. The molecule has 20 heavy (non-hydrogen) atoms. The molecule has 4 nitrogen and oxygen atoms in total. The molecule has 0 saturated heterocycles. The lowest BCUT2D eigenvalue weighted by Gasteiger charge is -2.10. The summed E-state index contributed by atoms with van der Waals surface area (Å²) in [7, 11) is 1.46. The summed E-state index contributed by atoms with van der Waals surface area (Å²) in [5.41, 5.74) is 1.96. The van der Waals surface area contributed by atoms with Crippen molar-refractivity contribution < 1.29 is 13.2 Å². The van der Waals surface area contributed by atoms with Gasteiger partial charge in [0, 0.05) is 21.4 Å². The van der Waals surface area contributed by atoms with Crippen LogP contribution >= 0.6 is 26.6 Å². The molecule has 0 N–H and O–H groups in total. The predicted molar refractivity (Wildman–Crippen MR) is 81.0 cm³/mol. The van der Waals surface area contributed by atoms with Crippen LogP contribution in [0.2, 0.25) is 0 Å². The minimum absolute atomic E-state index is 0.0383. The van der Waals surface area contributed by atoms with Crippen molar-refractivity contribution in [3.63, 3.8) is 0 Å². The van der Waals surface area contributed by atoms with Gasteiger partial charge in [-0.3, -0.25) is 0 Å². The standard InChI is InChI=1S/C13H11BrClNO3S/c1-8-6-10(7-9(2)12(8)14)19-13-11(20(15,17)18)4-3-5-16-13/h3-7H,1-2H3. The zero-order valence-electron chi connectivity index (χ0n) is 10.7. The van der Waals surface area contributed by atoms with Crippen molar-refractivity contribution in [2.45, 2.75) is 18.7 Å². The summed E-state index contributed by atoms with van der Waals surface area (Å²) in [6.07, 6.45) is 1.44. The van der Waals surface area contributed by atoms with E-state index in [1.807, 2.05) is 13.8 Å². The van der Waals surface area contributed by atoms with Crippen molar-refractivity contribution in [3.05, 3.63) is 46.1 Å². The summed E-state index contributed by atoms with van der Waals surface area (Å²) < 4.78 is 29.5. The molecule has 1 aromatic carbocycles. The van der Waals surface area contributed by atoms with Crippen LogP contribution in [-0.2, 0) is 9.05 Å². The van der Waals surface area contributed by atoms with Crippen molar-refractivity contribution in [1.29, 1.82) is 0 Å². The lowest BCUT2D eigenvalue weighted by Crippen LogP contribution is -1.98. The molecule has 0 amide bonds. The van der Waals surface area contributed by atoms with Crippen LogP contribution in [0.3, 0.4) is 0 Å². The van der Waals surface area contributed by atoms with Gasteiger partial charge in [-0.1, -0.05) is 15.9 Å². The number of ether oxygens (including phenoxy) is 1. The van der Waals surface area contributed by atoms with Crippen LogP contribution in [0.4, 0.5) is 0 Å². The summed E-state index contributed by atoms with van der Waals surface area (Å²) in [5, 5.41) is 0. The minimum Gasteiger partial charge on any atom is -0.438 e. The number of pyridine rings is 1. The molecule has 2 aromatic rings. The van der Waals surface area contributed by atoms with Gasteiger partial charge in [-0.2, -0.15) is 0 Å². The Morgan fingerprint density at radius 1 is 1.25 bits per heavy atom. The number of halogens is 2. The van der Waals surface area contributed by atoms with Gasteiger partial charge in [-0.15, -0.1) is 0 Å². The maximum absolute atomic E-state index is 11.5. The van der Waals surface area contributed by atoms with Gasteiger partial charge in [0.15, 0.2) is 0 Å². The van der Waals surface area contributed by atoms with E-state index in [0.717, 1.165) is 15.6 Å². The third-order valence-corrected chi connectivity index (χ3v) is 5.21. The molecule has 2 rings (SSSR count). The van der Waals surface area contributed by atoms with Gasteiger partial charge in [-0.05, 0) is 49.2 Å². The molecular formula is C13H11BrClNO3S. The Labute approximate surface area is 130 Å². The number of aryl methyl sites for hydroxylation is 2. The summed E-state index contributed by atoms with van der Waals surface area (Å²) in [6.45, 7) is 3.84. The normalized spacial score (nSPS) is 11.4. The minimum atomic E-state index is -3.91. The van der Waals surface area contributed by atoms with Gasteiger partial charge in [-0.25, -0.2) is 13.4 Å². The molecule has 0 spiro atoms. The van der Waals surface area contributed by atoms with Gasteiger partial charge < -0.3 is 4.74 Å². The van der Waals surface area contributed by atoms with Crippen molar-refractivity contribution in [1.82, 2.24) is 4.98 Å². The fraction of sp³-hybridized carbons (Fsp3) is 0.154. The molecule has 0 aliphatic carbocycles. The predicted octanol–water partition coefficient (Wildman–Crippen LogP) is 4.18. The third-order valence-electron chi connectivity index (χ3n) is 2.62. The van der Waals surface area contributed by atoms with Crippen molar-refractivity contribution in [2.24, 2.45) is 0 Å². The van der Waals surface area contributed by atoms with Gasteiger partial charge in [0.25, 0.3) is 9.05 Å². The van der Waals surface area contributed by atoms with Crippen LogP contribution in [0.1, 0.15) is 11.1 Å². The SMILES string of the molecule is Cc1cc(Oc2ncccc2S(=O)(=O)Cl)cc(C)c1Br. The second-order valence-electron chi connectivity index (χ2n) is 4.22. The molecule has 106 valence electrons. The van der Waals surface area contributed by atoms with Gasteiger partial charge in [0.1, 0.15) is 10.6 Å². The van der Waals surface area contributed by atoms with Gasteiger partial charge >= 0.3 is 0 Å². The molecule has 7 heteroatoms. The third kappa shape index (κ3) is 3.31. The van der Waals surface area contributed by atoms with Crippen LogP contribution in [0, 0.1) is 13.8 Å². The Bertz CT molecular complexity index is 739. The molecule has 0 saturated carbocycles. The number of rotatable bonds is 3. The van der Waals surface area contributed by atoms with Crippen molar-refractivity contribution >= 4 is 35.7 Å². The molecule has 1 aromatic heterocycles. The maximum Gasteiger partial charge on any atom is 0.266 e. The number of benzene rings is 1. The van der Waals surface area contributed by atoms with E-state index in [1.165, 1.54) is 18.3 Å². The zero-order chi connectivity index (χ0) is 14.9. The first-order chi connectivity index (χ1) is 9.29. The van der Waals surface area contributed by atoms with Crippen LogP contribution in [0.15, 0.2) is 39.8 Å². The van der Waals surface area contributed by atoms with E-state index in [4.69, 9.17) is 15.4 Å². The summed E-state index contributed by atoms with van der Waals surface area (Å²) in [5.74, 6) is 0.465. The Morgan fingerprint density at radius 2 is 1.85 bits per heavy atom. The molecule has 0 radical (unpaired) electrons. The highest BCUT2D eigenvalue weighted by atomic mass is 79.9. The lowest BCUT2D eigenvalue weighted by molar-refractivity contribution is 0.447. The van der Waals surface area contributed by atoms with Crippen molar-refractivity contribution in [2.75, 3.05) is 0 Å². The number of aromatic nitrogens is 1. The van der Waals surface area contributed by atoms with E-state index in [9.17, 15) is 8.42 Å². The smallest absolute Gasteiger partial charge is 0.266 e. The second-order valence-corrected chi connectivity index (χ2v) is 7.55. The summed E-state index contributed by atoms with van der Waals surface area (Å²) in [4.78, 5) is 3.77. The quantitative estimate of drug-likeness (QED) is 0.754. The average molecular weight is 377 g/mol. The van der Waals surface area contributed by atoms with Crippen LogP contribution in [-0.4, -0.2) is 13.4 Å².